The maximum absolute atomic E-state index is 12.8. The van der Waals surface area contributed by atoms with Gasteiger partial charge in [0.15, 0.2) is 11.4 Å². The number of ether oxygens (including phenoxy) is 2. The molecule has 0 aliphatic carbocycles. The minimum atomic E-state index is -0.466. The van der Waals surface area contributed by atoms with Crippen molar-refractivity contribution in [1.29, 1.82) is 0 Å². The Morgan fingerprint density at radius 1 is 1.16 bits per heavy atom. The van der Waals surface area contributed by atoms with Gasteiger partial charge in [0.1, 0.15) is 5.75 Å². The Balaban J connectivity index is 1.95. The highest BCUT2D eigenvalue weighted by molar-refractivity contribution is 6.32. The van der Waals surface area contributed by atoms with Crippen molar-refractivity contribution in [3.63, 3.8) is 0 Å². The van der Waals surface area contributed by atoms with Gasteiger partial charge >= 0.3 is 5.97 Å². The van der Waals surface area contributed by atoms with Crippen LogP contribution in [0.15, 0.2) is 30.3 Å². The van der Waals surface area contributed by atoms with E-state index >= 15 is 0 Å². The summed E-state index contributed by atoms with van der Waals surface area (Å²) in [5, 5.41) is 6.04. The zero-order valence-corrected chi connectivity index (χ0v) is 19.8. The van der Waals surface area contributed by atoms with Gasteiger partial charge in [-0.3, -0.25) is 4.68 Å². The van der Waals surface area contributed by atoms with Crippen molar-refractivity contribution in [1.82, 2.24) is 14.8 Å². The number of rotatable bonds is 5. The molecule has 0 bridgehead atoms. The monoisotopic (exact) mass is 451 g/mol. The smallest absolute Gasteiger partial charge is 0.358 e. The lowest BCUT2D eigenvalue weighted by Gasteiger charge is -2.11. The number of hydrogen-bond donors (Lipinski definition) is 1. The maximum Gasteiger partial charge on any atom is 0.358 e. The standard InChI is InChI=1S/C25H26ClN3O3/c1-7-31-25(30)23-24(32-17-11-13(2)21(26)14(3)12-17)19-10-8-9-18(22(19)27-23)20-15(4)28-29(6)16(20)5/h8-12,27H,7H2,1-6H3. The van der Waals surface area contributed by atoms with E-state index in [-0.39, 0.29) is 12.3 Å². The molecule has 2 heterocycles. The van der Waals surface area contributed by atoms with Crippen LogP contribution in [0.2, 0.25) is 5.02 Å². The third-order valence-electron chi connectivity index (χ3n) is 5.67. The van der Waals surface area contributed by atoms with E-state index in [0.29, 0.717) is 16.5 Å². The first kappa shape index (κ1) is 22.0. The van der Waals surface area contributed by atoms with E-state index in [4.69, 9.17) is 21.1 Å². The molecule has 0 aliphatic rings. The molecule has 0 amide bonds. The quantitative estimate of drug-likeness (QED) is 0.355. The van der Waals surface area contributed by atoms with Crippen LogP contribution in [0.25, 0.3) is 22.0 Å². The van der Waals surface area contributed by atoms with Gasteiger partial charge in [0.2, 0.25) is 0 Å². The average molecular weight is 452 g/mol. The summed E-state index contributed by atoms with van der Waals surface area (Å²) >= 11 is 6.33. The van der Waals surface area contributed by atoms with Crippen LogP contribution in [-0.2, 0) is 11.8 Å². The normalized spacial score (nSPS) is 11.2. The molecular formula is C25H26ClN3O3. The number of H-pyrrole nitrogens is 1. The number of nitrogens with one attached hydrogen (secondary N) is 1. The number of hydrogen-bond acceptors (Lipinski definition) is 4. The average Bonchev–Trinajstić information content (AvgIpc) is 3.23. The molecule has 7 heteroatoms. The Hall–Kier alpha value is -3.25. The summed E-state index contributed by atoms with van der Waals surface area (Å²) in [6, 6.07) is 9.64. The van der Waals surface area contributed by atoms with E-state index < -0.39 is 5.97 Å². The number of halogens is 1. The number of nitrogens with zero attached hydrogens (tertiary/aromatic N) is 2. The molecular weight excluding hydrogens is 426 g/mol. The van der Waals surface area contributed by atoms with Crippen LogP contribution >= 0.6 is 11.6 Å². The van der Waals surface area contributed by atoms with Gasteiger partial charge in [-0.05, 0) is 63.9 Å². The van der Waals surface area contributed by atoms with Crippen LogP contribution in [0.3, 0.4) is 0 Å². The molecule has 0 unspecified atom stereocenters. The van der Waals surface area contributed by atoms with Crippen LogP contribution in [0, 0.1) is 27.7 Å². The van der Waals surface area contributed by atoms with Crippen LogP contribution in [-0.4, -0.2) is 27.3 Å². The van der Waals surface area contributed by atoms with Crippen molar-refractivity contribution in [2.75, 3.05) is 6.61 Å². The first-order valence-electron chi connectivity index (χ1n) is 10.5. The summed E-state index contributed by atoms with van der Waals surface area (Å²) in [5.74, 6) is 0.572. The van der Waals surface area contributed by atoms with E-state index in [1.165, 1.54) is 0 Å². The van der Waals surface area contributed by atoms with Gasteiger partial charge < -0.3 is 14.5 Å². The summed E-state index contributed by atoms with van der Waals surface area (Å²) < 4.78 is 13.5. The molecule has 1 N–H and O–H groups in total. The number of esters is 1. The van der Waals surface area contributed by atoms with Gasteiger partial charge in [0.25, 0.3) is 0 Å². The molecule has 4 rings (SSSR count). The van der Waals surface area contributed by atoms with Gasteiger partial charge in [0, 0.05) is 34.3 Å². The summed E-state index contributed by atoms with van der Waals surface area (Å²) in [7, 11) is 1.92. The van der Waals surface area contributed by atoms with E-state index in [1.54, 1.807) is 6.92 Å². The number of para-hydroxylation sites is 1. The molecule has 4 aromatic rings. The van der Waals surface area contributed by atoms with Crippen LogP contribution < -0.4 is 4.74 Å². The largest absolute Gasteiger partial charge is 0.461 e. The maximum atomic E-state index is 12.8. The molecule has 2 aromatic heterocycles. The topological polar surface area (TPSA) is 69.1 Å². The van der Waals surface area contributed by atoms with Crippen molar-refractivity contribution >= 4 is 28.5 Å². The second kappa shape index (κ2) is 8.36. The Bertz CT molecular complexity index is 1330. The fourth-order valence-corrected chi connectivity index (χ4v) is 4.21. The molecule has 32 heavy (non-hydrogen) atoms. The van der Waals surface area contributed by atoms with Crippen LogP contribution in [0.4, 0.5) is 0 Å². The fraction of sp³-hybridized carbons (Fsp3) is 0.280. The zero-order valence-electron chi connectivity index (χ0n) is 19.1. The molecule has 2 aromatic carbocycles. The van der Waals surface area contributed by atoms with Crippen LogP contribution in [0.5, 0.6) is 11.5 Å². The van der Waals surface area contributed by atoms with Gasteiger partial charge in [-0.1, -0.05) is 23.7 Å². The molecule has 166 valence electrons. The Morgan fingerprint density at radius 3 is 2.44 bits per heavy atom. The van der Waals surface area contributed by atoms with E-state index in [1.807, 2.05) is 69.8 Å². The highest BCUT2D eigenvalue weighted by Crippen LogP contribution is 2.41. The highest BCUT2D eigenvalue weighted by Gasteiger charge is 2.24. The van der Waals surface area contributed by atoms with Crippen molar-refractivity contribution in [2.24, 2.45) is 7.05 Å². The number of carbonyl (C=O) groups is 1. The van der Waals surface area contributed by atoms with Gasteiger partial charge in [-0.15, -0.1) is 0 Å². The predicted molar refractivity (Wildman–Crippen MR) is 127 cm³/mol. The minimum absolute atomic E-state index is 0.264. The molecule has 0 saturated carbocycles. The highest BCUT2D eigenvalue weighted by atomic mass is 35.5. The summed E-state index contributed by atoms with van der Waals surface area (Å²) in [6.07, 6.45) is 0. The summed E-state index contributed by atoms with van der Waals surface area (Å²) in [5.41, 5.74) is 6.81. The molecule has 0 saturated heterocycles. The molecule has 0 spiro atoms. The van der Waals surface area contributed by atoms with Crippen LogP contribution in [0.1, 0.15) is 39.9 Å². The number of aryl methyl sites for hydroxylation is 4. The molecule has 0 aliphatic heterocycles. The summed E-state index contributed by atoms with van der Waals surface area (Å²) in [6.45, 7) is 9.90. The van der Waals surface area contributed by atoms with Crippen molar-refractivity contribution < 1.29 is 14.3 Å². The van der Waals surface area contributed by atoms with Gasteiger partial charge in [-0.2, -0.15) is 5.10 Å². The number of benzene rings is 2. The number of carbonyl (C=O) groups excluding carboxylic acids is 1. The number of aromatic nitrogens is 3. The first-order chi connectivity index (χ1) is 15.2. The molecule has 0 radical (unpaired) electrons. The Morgan fingerprint density at radius 2 is 1.84 bits per heavy atom. The Kier molecular flexibility index (Phi) is 5.73. The molecule has 0 atom stereocenters. The predicted octanol–water partition coefficient (Wildman–Crippen LogP) is 6.42. The zero-order chi connectivity index (χ0) is 23.2. The van der Waals surface area contributed by atoms with E-state index in [9.17, 15) is 4.79 Å². The fourth-order valence-electron chi connectivity index (χ4n) is 4.10. The van der Waals surface area contributed by atoms with Crippen molar-refractivity contribution in [3.05, 3.63) is 63.6 Å². The minimum Gasteiger partial charge on any atom is -0.461 e. The second-order valence-corrected chi connectivity index (χ2v) is 8.30. The SMILES string of the molecule is CCOC(=O)c1[nH]c2c(-c3c(C)nn(C)c3C)cccc2c1Oc1cc(C)c(Cl)c(C)c1. The number of aromatic amines is 1. The number of fused-ring (bicyclic) bond motifs is 1. The lowest BCUT2D eigenvalue weighted by molar-refractivity contribution is 0.0518. The van der Waals surface area contributed by atoms with E-state index in [2.05, 4.69) is 10.1 Å². The van der Waals surface area contributed by atoms with Gasteiger partial charge in [-0.25, -0.2) is 4.79 Å². The third kappa shape index (κ3) is 3.65. The Labute approximate surface area is 192 Å². The first-order valence-corrected chi connectivity index (χ1v) is 10.9. The molecule has 0 fully saturated rings. The summed E-state index contributed by atoms with van der Waals surface area (Å²) in [4.78, 5) is 16.1. The third-order valence-corrected chi connectivity index (χ3v) is 6.27. The molecule has 6 nitrogen and oxygen atoms in total. The van der Waals surface area contributed by atoms with Gasteiger partial charge in [0.05, 0.1) is 17.8 Å². The van der Waals surface area contributed by atoms with Crippen molar-refractivity contribution in [3.8, 4) is 22.6 Å². The lowest BCUT2D eigenvalue weighted by Crippen LogP contribution is -2.06. The van der Waals surface area contributed by atoms with E-state index in [0.717, 1.165) is 44.5 Å². The lowest BCUT2D eigenvalue weighted by atomic mass is 10.0. The van der Waals surface area contributed by atoms with Crippen molar-refractivity contribution in [2.45, 2.75) is 34.6 Å². The second-order valence-electron chi connectivity index (χ2n) is 7.92.